The van der Waals surface area contributed by atoms with Crippen molar-refractivity contribution in [1.29, 1.82) is 0 Å². The lowest BCUT2D eigenvalue weighted by Gasteiger charge is -2.43. The molecule has 0 spiro atoms. The normalized spacial score (nSPS) is 19.1. The van der Waals surface area contributed by atoms with Gasteiger partial charge < -0.3 is 25.2 Å². The summed E-state index contributed by atoms with van der Waals surface area (Å²) in [4.78, 5) is 15.2. The molecule has 5 aromatic carbocycles. The van der Waals surface area contributed by atoms with E-state index >= 15 is 0 Å². The highest BCUT2D eigenvalue weighted by atomic mass is 16.7. The summed E-state index contributed by atoms with van der Waals surface area (Å²) in [5.74, 6) is 0.0281. The van der Waals surface area contributed by atoms with Gasteiger partial charge >= 0.3 is 6.03 Å². The smallest absolute Gasteiger partial charge is 0.319 e. The molecule has 1 fully saturated rings. The van der Waals surface area contributed by atoms with Gasteiger partial charge in [0.2, 0.25) is 0 Å². The minimum absolute atomic E-state index is 0.0115. The van der Waals surface area contributed by atoms with Crippen LogP contribution in [0.25, 0.3) is 0 Å². The predicted molar refractivity (Wildman–Crippen MR) is 189 cm³/mol. The van der Waals surface area contributed by atoms with Gasteiger partial charge in [-0.05, 0) is 39.9 Å². The first-order valence-corrected chi connectivity index (χ1v) is 16.5. The lowest BCUT2D eigenvalue weighted by Crippen LogP contribution is -2.44. The average molecular weight is 642 g/mol. The molecule has 0 saturated carbocycles. The maximum absolute atomic E-state index is 12.8. The Kier molecular flexibility index (Phi) is 11.3. The van der Waals surface area contributed by atoms with Crippen molar-refractivity contribution in [3.63, 3.8) is 0 Å². The van der Waals surface area contributed by atoms with Crippen LogP contribution in [0, 0.1) is 5.92 Å². The van der Waals surface area contributed by atoms with Gasteiger partial charge in [0.1, 0.15) is 0 Å². The van der Waals surface area contributed by atoms with Gasteiger partial charge in [0.15, 0.2) is 6.29 Å². The molecule has 2 amide bonds. The number of urea groups is 1. The van der Waals surface area contributed by atoms with Crippen molar-refractivity contribution in [3.05, 3.63) is 173 Å². The molecule has 0 aliphatic carbocycles. The molecule has 1 aliphatic heterocycles. The van der Waals surface area contributed by atoms with Gasteiger partial charge in [-0.1, -0.05) is 134 Å². The van der Waals surface area contributed by atoms with E-state index in [0.717, 1.165) is 35.3 Å². The van der Waals surface area contributed by atoms with Crippen LogP contribution in [-0.2, 0) is 35.7 Å². The van der Waals surface area contributed by atoms with Crippen LogP contribution in [0.3, 0.4) is 0 Å². The van der Waals surface area contributed by atoms with E-state index in [4.69, 9.17) is 9.47 Å². The Hall–Kier alpha value is -4.79. The Bertz CT molecular complexity index is 1680. The van der Waals surface area contributed by atoms with E-state index in [2.05, 4.69) is 71.0 Å². The summed E-state index contributed by atoms with van der Waals surface area (Å²) < 4.78 is 13.5. The quantitative estimate of drug-likeness (QED) is 0.129. The molecule has 1 heterocycles. The van der Waals surface area contributed by atoms with Crippen molar-refractivity contribution in [2.24, 2.45) is 5.92 Å². The number of ether oxygens (including phenoxy) is 2. The second kappa shape index (κ2) is 16.4. The lowest BCUT2D eigenvalue weighted by atomic mass is 9.89. The number of nitrogens with zero attached hydrogens (tertiary/aromatic N) is 1. The summed E-state index contributed by atoms with van der Waals surface area (Å²) in [5, 5.41) is 15.5. The topological polar surface area (TPSA) is 83.1 Å². The third-order valence-electron chi connectivity index (χ3n) is 8.77. The van der Waals surface area contributed by atoms with Gasteiger partial charge in [-0.25, -0.2) is 4.79 Å². The molecule has 5 aromatic rings. The van der Waals surface area contributed by atoms with Crippen LogP contribution in [0.2, 0.25) is 0 Å². The van der Waals surface area contributed by atoms with Crippen LogP contribution in [-0.4, -0.2) is 28.7 Å². The number of rotatable bonds is 12. The molecule has 4 atom stereocenters. The fraction of sp³-hybridized carbons (Fsp3) is 0.244. The van der Waals surface area contributed by atoms with Gasteiger partial charge in [0.05, 0.1) is 18.8 Å². The first kappa shape index (κ1) is 33.1. The molecule has 48 heavy (non-hydrogen) atoms. The van der Waals surface area contributed by atoms with Gasteiger partial charge in [0, 0.05) is 43.3 Å². The van der Waals surface area contributed by atoms with Crippen LogP contribution in [0.15, 0.2) is 140 Å². The van der Waals surface area contributed by atoms with Crippen molar-refractivity contribution in [1.82, 2.24) is 10.2 Å². The maximum atomic E-state index is 12.8. The van der Waals surface area contributed by atoms with Crippen molar-refractivity contribution in [3.8, 4) is 0 Å². The fourth-order valence-corrected chi connectivity index (χ4v) is 6.17. The summed E-state index contributed by atoms with van der Waals surface area (Å²) >= 11 is 0. The maximum Gasteiger partial charge on any atom is 0.319 e. The zero-order chi connectivity index (χ0) is 33.1. The van der Waals surface area contributed by atoms with Gasteiger partial charge in [-0.3, -0.25) is 4.90 Å². The highest BCUT2D eigenvalue weighted by Crippen LogP contribution is 2.42. The number of aliphatic hydroxyl groups is 1. The summed E-state index contributed by atoms with van der Waals surface area (Å²) in [6.45, 7) is 4.85. The van der Waals surface area contributed by atoms with Crippen molar-refractivity contribution >= 4 is 11.7 Å². The number of carbonyl (C=O) groups excluding carboxylic acids is 1. The molecule has 3 N–H and O–H groups in total. The zero-order valence-corrected chi connectivity index (χ0v) is 27.2. The Morgan fingerprint density at radius 1 is 0.688 bits per heavy atom. The monoisotopic (exact) mass is 641 g/mol. The van der Waals surface area contributed by atoms with Gasteiger partial charge in [-0.15, -0.1) is 0 Å². The molecule has 6 rings (SSSR count). The van der Waals surface area contributed by atoms with Gasteiger partial charge in [-0.2, -0.15) is 0 Å². The van der Waals surface area contributed by atoms with E-state index in [1.165, 1.54) is 11.1 Å². The predicted octanol–water partition coefficient (Wildman–Crippen LogP) is 7.99. The number of amides is 2. The molecule has 0 radical (unpaired) electrons. The largest absolute Gasteiger partial charge is 0.392 e. The number of aliphatic hydroxyl groups excluding tert-OH is 1. The van der Waals surface area contributed by atoms with E-state index < -0.39 is 6.29 Å². The van der Waals surface area contributed by atoms with Gasteiger partial charge in [0.25, 0.3) is 0 Å². The number of hydrogen-bond donors (Lipinski definition) is 3. The summed E-state index contributed by atoms with van der Waals surface area (Å²) in [5.41, 5.74) is 6.87. The summed E-state index contributed by atoms with van der Waals surface area (Å²) in [6.07, 6.45) is -1.06. The summed E-state index contributed by atoms with van der Waals surface area (Å²) in [6, 6.07) is 46.2. The molecule has 0 unspecified atom stereocenters. The molecule has 7 heteroatoms. The highest BCUT2D eigenvalue weighted by Gasteiger charge is 2.39. The van der Waals surface area contributed by atoms with Crippen LogP contribution < -0.4 is 10.6 Å². The molecular weight excluding hydrogens is 598 g/mol. The second-order valence-corrected chi connectivity index (χ2v) is 12.4. The number of carbonyl (C=O) groups is 1. The third-order valence-corrected chi connectivity index (χ3v) is 8.77. The third kappa shape index (κ3) is 8.97. The second-order valence-electron chi connectivity index (χ2n) is 12.4. The Labute approximate surface area is 283 Å². The van der Waals surface area contributed by atoms with E-state index in [0.29, 0.717) is 18.8 Å². The lowest BCUT2D eigenvalue weighted by molar-refractivity contribution is -0.276. The number of benzene rings is 5. The van der Waals surface area contributed by atoms with Crippen LogP contribution in [0.5, 0.6) is 0 Å². The van der Waals surface area contributed by atoms with Crippen LogP contribution in [0.1, 0.15) is 52.7 Å². The minimum Gasteiger partial charge on any atom is -0.392 e. The molecule has 1 aliphatic rings. The number of nitrogens with one attached hydrogen (secondary N) is 2. The summed E-state index contributed by atoms with van der Waals surface area (Å²) in [7, 11) is 0. The van der Waals surface area contributed by atoms with Crippen molar-refractivity contribution < 1.29 is 19.4 Å². The SMILES string of the molecule is C[C@@H]1[C@H](CN(Cc2ccccc2)Cc2ccccc2)O[C@H](c2cccc(NC(=O)NCc3ccccc3)c2)O[C@@H]1c1ccc(CO)cc1. The molecule has 0 bridgehead atoms. The molecule has 246 valence electrons. The molecule has 0 aromatic heterocycles. The number of anilines is 1. The van der Waals surface area contributed by atoms with Crippen molar-refractivity contribution in [2.45, 2.75) is 51.7 Å². The van der Waals surface area contributed by atoms with Crippen LogP contribution >= 0.6 is 0 Å². The zero-order valence-electron chi connectivity index (χ0n) is 27.2. The van der Waals surface area contributed by atoms with E-state index in [1.807, 2.05) is 91.0 Å². The molecular formula is C41H43N3O4. The molecule has 1 saturated heterocycles. The van der Waals surface area contributed by atoms with Crippen molar-refractivity contribution in [2.75, 3.05) is 11.9 Å². The highest BCUT2D eigenvalue weighted by molar-refractivity contribution is 5.89. The Balaban J connectivity index is 1.24. The van der Waals surface area contributed by atoms with E-state index in [-0.39, 0.29) is 30.8 Å². The standard InChI is InChI=1S/C41H43N3O4/c1-30-38(28-44(26-32-14-7-3-8-15-32)27-33-16-9-4-10-17-33)47-40(48-39(30)35-22-20-34(29-45)21-23-35)36-18-11-19-37(24-36)43-41(46)42-25-31-12-5-2-6-13-31/h2-24,30,38-40,45H,25-29H2,1H3,(H2,42,43,46)/t30-,38+,39+,40+/m1/s1. The average Bonchev–Trinajstić information content (AvgIpc) is 3.13. The minimum atomic E-state index is -0.654. The number of hydrogen-bond acceptors (Lipinski definition) is 5. The molecule has 7 nitrogen and oxygen atoms in total. The first-order valence-electron chi connectivity index (χ1n) is 16.5. The van der Waals surface area contributed by atoms with Crippen LogP contribution in [0.4, 0.5) is 10.5 Å². The first-order chi connectivity index (χ1) is 23.5. The van der Waals surface area contributed by atoms with E-state index in [9.17, 15) is 9.90 Å². The van der Waals surface area contributed by atoms with E-state index in [1.54, 1.807) is 0 Å². The fourth-order valence-electron chi connectivity index (χ4n) is 6.17. The Morgan fingerprint density at radius 2 is 1.29 bits per heavy atom. The Morgan fingerprint density at radius 3 is 1.90 bits per heavy atom.